The van der Waals surface area contributed by atoms with Crippen LogP contribution in [0, 0.1) is 5.41 Å². The molecule has 0 radical (unpaired) electrons. The molecule has 1 aliphatic carbocycles. The van der Waals surface area contributed by atoms with E-state index in [1.165, 1.54) is 31.2 Å². The van der Waals surface area contributed by atoms with Gasteiger partial charge in [0.05, 0.1) is 0 Å². The molecule has 0 spiro atoms. The molecule has 2 rings (SSSR count). The van der Waals surface area contributed by atoms with E-state index in [4.69, 9.17) is 0 Å². The monoisotopic (exact) mass is 205 g/mol. The number of hydrogen-bond donors (Lipinski definition) is 1. The molecule has 15 heavy (non-hydrogen) atoms. The lowest BCUT2D eigenvalue weighted by atomic mass is 9.67. The third kappa shape index (κ3) is 2.53. The van der Waals surface area contributed by atoms with Crippen molar-refractivity contribution in [1.29, 1.82) is 0 Å². The number of nitrogens with one attached hydrogen (secondary N) is 1. The van der Waals surface area contributed by atoms with E-state index in [0.717, 1.165) is 13.1 Å². The van der Waals surface area contributed by atoms with Crippen molar-refractivity contribution in [1.82, 2.24) is 15.3 Å². The standard InChI is InChI=1S/C12H19N3/c1-2-12(4-3-5-12)9-13-6-11-7-14-10-15-8-11/h7-8,10,13H,2-6,9H2,1H3. The molecule has 0 bridgehead atoms. The summed E-state index contributed by atoms with van der Waals surface area (Å²) in [6.45, 7) is 4.33. The van der Waals surface area contributed by atoms with Crippen molar-refractivity contribution in [2.75, 3.05) is 6.54 Å². The summed E-state index contributed by atoms with van der Waals surface area (Å²) in [6.07, 6.45) is 10.8. The lowest BCUT2D eigenvalue weighted by molar-refractivity contribution is 0.124. The quantitative estimate of drug-likeness (QED) is 0.800. The summed E-state index contributed by atoms with van der Waals surface area (Å²) in [5.74, 6) is 0. The van der Waals surface area contributed by atoms with Crippen molar-refractivity contribution in [3.63, 3.8) is 0 Å². The number of hydrogen-bond acceptors (Lipinski definition) is 3. The van der Waals surface area contributed by atoms with E-state index >= 15 is 0 Å². The maximum absolute atomic E-state index is 4.00. The average Bonchev–Trinajstić information content (AvgIpc) is 2.24. The summed E-state index contributed by atoms with van der Waals surface area (Å²) in [4.78, 5) is 8.01. The van der Waals surface area contributed by atoms with Crippen LogP contribution in [-0.2, 0) is 6.54 Å². The molecule has 1 N–H and O–H groups in total. The van der Waals surface area contributed by atoms with Gasteiger partial charge in [0, 0.05) is 31.0 Å². The molecule has 1 aliphatic rings. The minimum absolute atomic E-state index is 0.593. The van der Waals surface area contributed by atoms with Gasteiger partial charge in [-0.2, -0.15) is 0 Å². The van der Waals surface area contributed by atoms with Crippen LogP contribution >= 0.6 is 0 Å². The third-order valence-corrected chi connectivity index (χ3v) is 3.61. The van der Waals surface area contributed by atoms with Gasteiger partial charge in [-0.25, -0.2) is 9.97 Å². The van der Waals surface area contributed by atoms with Gasteiger partial charge in [-0.3, -0.25) is 0 Å². The molecular formula is C12H19N3. The van der Waals surface area contributed by atoms with Gasteiger partial charge in [0.25, 0.3) is 0 Å². The normalized spacial score (nSPS) is 18.5. The Morgan fingerprint density at radius 1 is 1.33 bits per heavy atom. The average molecular weight is 205 g/mol. The lowest BCUT2D eigenvalue weighted by Gasteiger charge is -2.41. The molecule has 0 aromatic carbocycles. The highest BCUT2D eigenvalue weighted by Crippen LogP contribution is 2.43. The number of nitrogens with zero attached hydrogens (tertiary/aromatic N) is 2. The topological polar surface area (TPSA) is 37.8 Å². The molecule has 0 saturated heterocycles. The van der Waals surface area contributed by atoms with Crippen molar-refractivity contribution in [2.24, 2.45) is 5.41 Å². The molecule has 1 fully saturated rings. The Morgan fingerprint density at radius 3 is 2.60 bits per heavy atom. The van der Waals surface area contributed by atoms with Crippen LogP contribution in [0.2, 0.25) is 0 Å². The zero-order chi connectivity index (χ0) is 10.6. The molecule has 82 valence electrons. The zero-order valence-electron chi connectivity index (χ0n) is 9.37. The van der Waals surface area contributed by atoms with Gasteiger partial charge in [-0.15, -0.1) is 0 Å². The molecule has 1 aromatic rings. The van der Waals surface area contributed by atoms with E-state index in [1.807, 2.05) is 12.4 Å². The van der Waals surface area contributed by atoms with Crippen molar-refractivity contribution in [2.45, 2.75) is 39.2 Å². The Hall–Kier alpha value is -0.960. The maximum atomic E-state index is 4.00. The Labute approximate surface area is 91.3 Å². The van der Waals surface area contributed by atoms with Crippen molar-refractivity contribution < 1.29 is 0 Å². The van der Waals surface area contributed by atoms with Crippen LogP contribution in [0.3, 0.4) is 0 Å². The molecular weight excluding hydrogens is 186 g/mol. The van der Waals surface area contributed by atoms with Crippen LogP contribution in [0.15, 0.2) is 18.7 Å². The minimum atomic E-state index is 0.593. The molecule has 3 nitrogen and oxygen atoms in total. The maximum Gasteiger partial charge on any atom is 0.115 e. The summed E-state index contributed by atoms with van der Waals surface area (Å²) in [6, 6.07) is 0. The number of rotatable bonds is 5. The van der Waals surface area contributed by atoms with Crippen molar-refractivity contribution >= 4 is 0 Å². The molecule has 1 saturated carbocycles. The van der Waals surface area contributed by atoms with Crippen LogP contribution in [0.1, 0.15) is 38.2 Å². The molecule has 1 aromatic heterocycles. The van der Waals surface area contributed by atoms with E-state index < -0.39 is 0 Å². The molecule has 0 atom stereocenters. The first-order valence-corrected chi connectivity index (χ1v) is 5.79. The second-order valence-electron chi connectivity index (χ2n) is 4.56. The molecule has 0 amide bonds. The summed E-state index contributed by atoms with van der Waals surface area (Å²) in [5, 5.41) is 3.52. The van der Waals surface area contributed by atoms with Gasteiger partial charge in [-0.1, -0.05) is 13.3 Å². The Bertz CT molecular complexity index is 287. The van der Waals surface area contributed by atoms with E-state index in [9.17, 15) is 0 Å². The summed E-state index contributed by atoms with van der Waals surface area (Å²) < 4.78 is 0. The largest absolute Gasteiger partial charge is 0.312 e. The van der Waals surface area contributed by atoms with E-state index in [1.54, 1.807) is 6.33 Å². The van der Waals surface area contributed by atoms with Gasteiger partial charge >= 0.3 is 0 Å². The summed E-state index contributed by atoms with van der Waals surface area (Å²) >= 11 is 0. The van der Waals surface area contributed by atoms with Crippen molar-refractivity contribution in [3.05, 3.63) is 24.3 Å². The first kappa shape index (κ1) is 10.6. The predicted molar refractivity (Wildman–Crippen MR) is 60.3 cm³/mol. The van der Waals surface area contributed by atoms with Gasteiger partial charge in [0.1, 0.15) is 6.33 Å². The predicted octanol–water partition coefficient (Wildman–Crippen LogP) is 2.15. The highest BCUT2D eigenvalue weighted by molar-refractivity contribution is 5.02. The fourth-order valence-corrected chi connectivity index (χ4v) is 2.23. The lowest BCUT2D eigenvalue weighted by Crippen LogP contribution is -2.39. The summed E-state index contributed by atoms with van der Waals surface area (Å²) in [5.41, 5.74) is 1.76. The van der Waals surface area contributed by atoms with Crippen LogP contribution in [0.5, 0.6) is 0 Å². The van der Waals surface area contributed by atoms with Gasteiger partial charge in [0.15, 0.2) is 0 Å². The van der Waals surface area contributed by atoms with Crippen molar-refractivity contribution in [3.8, 4) is 0 Å². The SMILES string of the molecule is CCC1(CNCc2cncnc2)CCC1. The third-order valence-electron chi connectivity index (χ3n) is 3.61. The van der Waals surface area contributed by atoms with Gasteiger partial charge in [-0.05, 0) is 24.7 Å². The van der Waals surface area contributed by atoms with Crippen LogP contribution in [0.25, 0.3) is 0 Å². The number of aromatic nitrogens is 2. The van der Waals surface area contributed by atoms with E-state index in [2.05, 4.69) is 22.2 Å². The Morgan fingerprint density at radius 2 is 2.07 bits per heavy atom. The van der Waals surface area contributed by atoms with Crippen LogP contribution in [0.4, 0.5) is 0 Å². The second kappa shape index (κ2) is 4.71. The Kier molecular flexibility index (Phi) is 3.31. The smallest absolute Gasteiger partial charge is 0.115 e. The minimum Gasteiger partial charge on any atom is -0.312 e. The first-order valence-electron chi connectivity index (χ1n) is 5.79. The van der Waals surface area contributed by atoms with Crippen LogP contribution < -0.4 is 5.32 Å². The molecule has 3 heteroatoms. The highest BCUT2D eigenvalue weighted by Gasteiger charge is 2.34. The zero-order valence-corrected chi connectivity index (χ0v) is 9.37. The summed E-state index contributed by atoms with van der Waals surface area (Å²) in [7, 11) is 0. The first-order chi connectivity index (χ1) is 7.35. The molecule has 1 heterocycles. The van der Waals surface area contributed by atoms with Gasteiger partial charge < -0.3 is 5.32 Å². The van der Waals surface area contributed by atoms with Crippen LogP contribution in [-0.4, -0.2) is 16.5 Å². The van der Waals surface area contributed by atoms with E-state index in [0.29, 0.717) is 5.41 Å². The van der Waals surface area contributed by atoms with Gasteiger partial charge in [0.2, 0.25) is 0 Å². The highest BCUT2D eigenvalue weighted by atomic mass is 14.9. The second-order valence-corrected chi connectivity index (χ2v) is 4.56. The Balaban J connectivity index is 1.75. The fourth-order valence-electron chi connectivity index (χ4n) is 2.23. The molecule has 0 aliphatic heterocycles. The molecule has 0 unspecified atom stereocenters. The fraction of sp³-hybridized carbons (Fsp3) is 0.667. The van der Waals surface area contributed by atoms with E-state index in [-0.39, 0.29) is 0 Å².